The quantitative estimate of drug-likeness (QED) is 0.563. The lowest BCUT2D eigenvalue weighted by molar-refractivity contribution is -0.133. The molecule has 1 aliphatic heterocycles. The summed E-state index contributed by atoms with van der Waals surface area (Å²) in [6, 6.07) is 19.2. The fourth-order valence-corrected chi connectivity index (χ4v) is 3.69. The lowest BCUT2D eigenvalue weighted by atomic mass is 10.2. The Hall–Kier alpha value is -3.78. The molecule has 1 saturated heterocycles. The van der Waals surface area contributed by atoms with Crippen LogP contribution in [0.15, 0.2) is 71.3 Å². The molecule has 8 heteroatoms. The molecule has 170 valence electrons. The van der Waals surface area contributed by atoms with Crippen molar-refractivity contribution >= 4 is 17.9 Å². The average Bonchev–Trinajstić information content (AvgIpc) is 3.37. The number of piperazine rings is 1. The smallest absolute Gasteiger partial charge is 0.244 e. The maximum atomic E-state index is 12.5. The van der Waals surface area contributed by atoms with Gasteiger partial charge in [-0.05, 0) is 18.6 Å². The fourth-order valence-electron chi connectivity index (χ4n) is 3.69. The van der Waals surface area contributed by atoms with Crippen molar-refractivity contribution in [2.75, 3.05) is 32.7 Å². The first kappa shape index (κ1) is 22.4. The van der Waals surface area contributed by atoms with Crippen LogP contribution in [0.25, 0.3) is 17.5 Å². The van der Waals surface area contributed by atoms with Gasteiger partial charge in [0, 0.05) is 37.8 Å². The largest absolute Gasteiger partial charge is 0.343 e. The summed E-state index contributed by atoms with van der Waals surface area (Å²) in [5.74, 6) is 0.757. The second-order valence-electron chi connectivity index (χ2n) is 7.88. The summed E-state index contributed by atoms with van der Waals surface area (Å²) >= 11 is 0. The first-order chi connectivity index (χ1) is 16.1. The van der Waals surface area contributed by atoms with Gasteiger partial charge in [-0.2, -0.15) is 4.98 Å². The third-order valence-corrected chi connectivity index (χ3v) is 5.69. The molecule has 2 heterocycles. The molecule has 1 atom stereocenters. The van der Waals surface area contributed by atoms with E-state index in [1.807, 2.05) is 67.6 Å². The van der Waals surface area contributed by atoms with Crippen LogP contribution >= 0.6 is 0 Å². The molecule has 2 aromatic carbocycles. The lowest BCUT2D eigenvalue weighted by Gasteiger charge is -2.36. The first-order valence-electron chi connectivity index (χ1n) is 11.0. The van der Waals surface area contributed by atoms with Gasteiger partial charge in [0.15, 0.2) is 0 Å². The molecule has 2 amide bonds. The predicted octanol–water partition coefficient (Wildman–Crippen LogP) is 2.77. The molecule has 1 fully saturated rings. The molecule has 1 N–H and O–H groups in total. The van der Waals surface area contributed by atoms with E-state index < -0.39 is 0 Å². The van der Waals surface area contributed by atoms with Crippen LogP contribution < -0.4 is 5.32 Å². The van der Waals surface area contributed by atoms with E-state index in [4.69, 9.17) is 4.52 Å². The van der Waals surface area contributed by atoms with Crippen LogP contribution in [0.2, 0.25) is 0 Å². The van der Waals surface area contributed by atoms with E-state index in [9.17, 15) is 9.59 Å². The summed E-state index contributed by atoms with van der Waals surface area (Å²) in [5, 5.41) is 6.76. The van der Waals surface area contributed by atoms with Crippen LogP contribution in [0.5, 0.6) is 0 Å². The minimum atomic E-state index is -0.287. The Morgan fingerprint density at radius 1 is 1.03 bits per heavy atom. The summed E-state index contributed by atoms with van der Waals surface area (Å²) in [6.45, 7) is 4.56. The monoisotopic (exact) mass is 445 g/mol. The van der Waals surface area contributed by atoms with Crippen molar-refractivity contribution in [1.29, 1.82) is 0 Å². The van der Waals surface area contributed by atoms with Crippen LogP contribution in [-0.2, 0) is 9.59 Å². The number of nitrogens with zero attached hydrogens (tertiary/aromatic N) is 4. The van der Waals surface area contributed by atoms with E-state index >= 15 is 0 Å². The molecule has 3 aromatic rings. The van der Waals surface area contributed by atoms with Gasteiger partial charge in [0.25, 0.3) is 0 Å². The van der Waals surface area contributed by atoms with Gasteiger partial charge in [0.1, 0.15) is 0 Å². The zero-order valence-corrected chi connectivity index (χ0v) is 18.6. The highest BCUT2D eigenvalue weighted by molar-refractivity contribution is 5.94. The maximum Gasteiger partial charge on any atom is 0.244 e. The Kier molecular flexibility index (Phi) is 7.26. The molecule has 1 unspecified atom stereocenters. The molecular weight excluding hydrogens is 418 g/mol. The van der Waals surface area contributed by atoms with E-state index in [-0.39, 0.29) is 24.4 Å². The summed E-state index contributed by atoms with van der Waals surface area (Å²) in [7, 11) is 0. The van der Waals surface area contributed by atoms with Crippen molar-refractivity contribution in [3.8, 4) is 11.4 Å². The highest BCUT2D eigenvalue weighted by Gasteiger charge is 2.27. The molecule has 0 bridgehead atoms. The molecule has 8 nitrogen and oxygen atoms in total. The number of carbonyl (C=O) groups excluding carboxylic acids is 2. The third kappa shape index (κ3) is 5.93. The SMILES string of the molecule is CC(c1nc(-c2ccccc2)no1)N1CCN(C(=O)CNC(=O)/C=C/c2ccccc2)CC1. The molecular formula is C25H27N5O3. The molecule has 1 aromatic heterocycles. The summed E-state index contributed by atoms with van der Waals surface area (Å²) in [6.07, 6.45) is 3.16. The molecule has 33 heavy (non-hydrogen) atoms. The molecule has 0 radical (unpaired) electrons. The van der Waals surface area contributed by atoms with E-state index in [0.29, 0.717) is 37.9 Å². The van der Waals surface area contributed by atoms with Crippen LogP contribution in [-0.4, -0.2) is 64.5 Å². The van der Waals surface area contributed by atoms with Crippen molar-refractivity contribution in [3.63, 3.8) is 0 Å². The van der Waals surface area contributed by atoms with Gasteiger partial charge < -0.3 is 14.7 Å². The van der Waals surface area contributed by atoms with E-state index in [1.165, 1.54) is 6.08 Å². The summed E-state index contributed by atoms with van der Waals surface area (Å²) < 4.78 is 5.49. The maximum absolute atomic E-state index is 12.5. The second kappa shape index (κ2) is 10.7. The van der Waals surface area contributed by atoms with Crippen LogP contribution in [0.4, 0.5) is 0 Å². The molecule has 4 rings (SSSR count). The lowest BCUT2D eigenvalue weighted by Crippen LogP contribution is -2.51. The second-order valence-corrected chi connectivity index (χ2v) is 7.88. The van der Waals surface area contributed by atoms with Gasteiger partial charge in [-0.1, -0.05) is 65.8 Å². The number of hydrogen-bond donors (Lipinski definition) is 1. The minimum absolute atomic E-state index is 0.0163. The van der Waals surface area contributed by atoms with Crippen molar-refractivity contribution < 1.29 is 14.1 Å². The highest BCUT2D eigenvalue weighted by atomic mass is 16.5. The zero-order chi connectivity index (χ0) is 23.0. The zero-order valence-electron chi connectivity index (χ0n) is 18.6. The minimum Gasteiger partial charge on any atom is -0.343 e. The van der Waals surface area contributed by atoms with Crippen LogP contribution in [0.1, 0.15) is 24.4 Å². The highest BCUT2D eigenvalue weighted by Crippen LogP contribution is 2.23. The van der Waals surface area contributed by atoms with Gasteiger partial charge in [-0.15, -0.1) is 0 Å². The number of nitrogens with one attached hydrogen (secondary N) is 1. The Morgan fingerprint density at radius 2 is 1.70 bits per heavy atom. The number of rotatable bonds is 7. The van der Waals surface area contributed by atoms with Crippen LogP contribution in [0.3, 0.4) is 0 Å². The summed E-state index contributed by atoms with van der Waals surface area (Å²) in [5.41, 5.74) is 1.84. The van der Waals surface area contributed by atoms with Crippen molar-refractivity contribution in [1.82, 2.24) is 25.3 Å². The fraction of sp³-hybridized carbons (Fsp3) is 0.280. The number of hydrogen-bond acceptors (Lipinski definition) is 6. The summed E-state index contributed by atoms with van der Waals surface area (Å²) in [4.78, 5) is 33.0. The Morgan fingerprint density at radius 3 is 2.39 bits per heavy atom. The first-order valence-corrected chi connectivity index (χ1v) is 11.0. The predicted molar refractivity (Wildman–Crippen MR) is 125 cm³/mol. The number of aromatic nitrogens is 2. The Labute approximate surface area is 192 Å². The molecule has 1 aliphatic rings. The average molecular weight is 446 g/mol. The van der Waals surface area contributed by atoms with E-state index in [1.54, 1.807) is 11.0 Å². The van der Waals surface area contributed by atoms with Gasteiger partial charge in [-0.3, -0.25) is 14.5 Å². The van der Waals surface area contributed by atoms with Gasteiger partial charge >= 0.3 is 0 Å². The molecule has 0 aliphatic carbocycles. The molecule has 0 saturated carbocycles. The normalized spacial score (nSPS) is 15.5. The number of amides is 2. The standard InChI is InChI=1S/C25H27N5O3/c1-19(25-27-24(28-33-25)21-10-6-3-7-11-21)29-14-16-30(17-15-29)23(32)18-26-22(31)13-12-20-8-4-2-5-9-20/h2-13,19H,14-18H2,1H3,(H,26,31)/b13-12+. The van der Waals surface area contributed by atoms with E-state index in [0.717, 1.165) is 11.1 Å². The number of carbonyl (C=O) groups is 2. The topological polar surface area (TPSA) is 91.6 Å². The number of benzene rings is 2. The van der Waals surface area contributed by atoms with Crippen molar-refractivity contribution in [3.05, 3.63) is 78.2 Å². The third-order valence-electron chi connectivity index (χ3n) is 5.69. The van der Waals surface area contributed by atoms with E-state index in [2.05, 4.69) is 20.4 Å². The van der Waals surface area contributed by atoms with Crippen LogP contribution in [0, 0.1) is 0 Å². The Bertz CT molecular complexity index is 1090. The Balaban J connectivity index is 1.23. The molecule has 0 spiro atoms. The van der Waals surface area contributed by atoms with Crippen molar-refractivity contribution in [2.24, 2.45) is 0 Å². The van der Waals surface area contributed by atoms with Gasteiger partial charge in [0.05, 0.1) is 12.6 Å². The van der Waals surface area contributed by atoms with Gasteiger partial charge in [-0.25, -0.2) is 0 Å². The van der Waals surface area contributed by atoms with Gasteiger partial charge in [0.2, 0.25) is 23.5 Å². The van der Waals surface area contributed by atoms with Crippen molar-refractivity contribution in [2.45, 2.75) is 13.0 Å².